The molecule has 2 aliphatic rings. The van der Waals surface area contributed by atoms with Crippen molar-refractivity contribution in [1.29, 1.82) is 5.26 Å². The number of carbonyl (C=O) groups excluding carboxylic acids is 4. The normalized spacial score (nSPS) is 17.3. The van der Waals surface area contributed by atoms with Gasteiger partial charge in [-0.05, 0) is 93.5 Å². The molecule has 3 N–H and O–H groups in total. The van der Waals surface area contributed by atoms with Crippen LogP contribution in [0.1, 0.15) is 62.9 Å². The van der Waals surface area contributed by atoms with Gasteiger partial charge in [-0.3, -0.25) is 24.1 Å². The summed E-state index contributed by atoms with van der Waals surface area (Å²) in [5.41, 5.74) is 1.64. The van der Waals surface area contributed by atoms with Crippen molar-refractivity contribution in [1.82, 2.24) is 20.5 Å². The smallest absolute Gasteiger partial charge is 0.417 e. The number of benzene rings is 3. The minimum atomic E-state index is -4.81. The Kier molecular flexibility index (Phi) is 16.8. The number of rotatable bonds is 20. The number of nitrogens with zero attached hydrogens (tertiary/aromatic N) is 5. The number of aliphatic hydroxyl groups is 1. The summed E-state index contributed by atoms with van der Waals surface area (Å²) >= 11 is 7.11. The highest BCUT2D eigenvalue weighted by molar-refractivity contribution is 7.81. The number of hydrogen-bond acceptors (Lipinski definition) is 13. The minimum absolute atomic E-state index is 0.0196. The van der Waals surface area contributed by atoms with E-state index in [0.717, 1.165) is 33.2 Å². The fraction of sp³-hybridized carbons (Fsp3) is 0.426. The van der Waals surface area contributed by atoms with E-state index in [1.54, 1.807) is 61.5 Å². The highest BCUT2D eigenvalue weighted by atomic mass is 32.1. The average Bonchev–Trinajstić information content (AvgIpc) is 3.97. The summed E-state index contributed by atoms with van der Waals surface area (Å²) in [6, 6.07) is 15.2. The van der Waals surface area contributed by atoms with E-state index in [1.165, 1.54) is 29.2 Å². The Morgan fingerprint density at radius 2 is 1.66 bits per heavy atom. The number of ether oxygens (including phenoxy) is 4. The van der Waals surface area contributed by atoms with Crippen molar-refractivity contribution in [2.24, 2.45) is 0 Å². The molecule has 0 spiro atoms. The van der Waals surface area contributed by atoms with Gasteiger partial charge in [0, 0.05) is 37.7 Å². The van der Waals surface area contributed by atoms with Gasteiger partial charge in [-0.2, -0.15) is 18.4 Å². The van der Waals surface area contributed by atoms with Crippen LogP contribution in [0.5, 0.6) is 11.5 Å². The first-order valence-corrected chi connectivity index (χ1v) is 23.0. The molecule has 0 bridgehead atoms. The van der Waals surface area contributed by atoms with Gasteiger partial charge in [0.05, 0.1) is 71.5 Å². The summed E-state index contributed by atoms with van der Waals surface area (Å²) in [4.78, 5) is 61.2. The molecule has 0 unspecified atom stereocenters. The third kappa shape index (κ3) is 11.9. The second kappa shape index (κ2) is 22.3. The summed E-state index contributed by atoms with van der Waals surface area (Å²) in [6.45, 7) is 9.69. The van der Waals surface area contributed by atoms with Crippen molar-refractivity contribution in [3.63, 3.8) is 0 Å². The van der Waals surface area contributed by atoms with Gasteiger partial charge < -0.3 is 44.5 Å². The molecule has 0 aliphatic carbocycles. The van der Waals surface area contributed by atoms with E-state index in [1.807, 2.05) is 25.1 Å². The van der Waals surface area contributed by atoms with Gasteiger partial charge in [-0.25, -0.2) is 4.98 Å². The van der Waals surface area contributed by atoms with E-state index in [-0.39, 0.29) is 75.9 Å². The van der Waals surface area contributed by atoms with Crippen LogP contribution in [0.3, 0.4) is 0 Å². The van der Waals surface area contributed by atoms with E-state index in [0.29, 0.717) is 29.2 Å². The Labute approximate surface area is 400 Å². The zero-order chi connectivity index (χ0) is 49.3. The first-order valence-electron chi connectivity index (χ1n) is 21.7. The predicted octanol–water partition coefficient (Wildman–Crippen LogP) is 5.91. The number of nitrogens with one attached hydrogen (secondary N) is 2. The Bertz CT molecular complexity index is 2530. The number of β-amino-alcohol motifs (C(OH)–C–C–N with tert-alkyl or cyclic N) is 1. The monoisotopic (exact) mass is 979 g/mol. The summed E-state index contributed by atoms with van der Waals surface area (Å²) in [5.74, 6) is -0.746. The second-order valence-electron chi connectivity index (χ2n) is 16.4. The summed E-state index contributed by atoms with van der Waals surface area (Å²) < 4.78 is 64.6. The van der Waals surface area contributed by atoms with E-state index < -0.39 is 58.8 Å². The van der Waals surface area contributed by atoms with Crippen LogP contribution >= 0.6 is 23.6 Å². The fourth-order valence-electron chi connectivity index (χ4n) is 7.85. The second-order valence-corrected chi connectivity index (χ2v) is 17.7. The number of carbonyl (C=O) groups is 4. The Morgan fingerprint density at radius 1 is 1.00 bits per heavy atom. The molecule has 1 aromatic heterocycles. The third-order valence-electron chi connectivity index (χ3n) is 11.3. The van der Waals surface area contributed by atoms with Crippen molar-refractivity contribution in [3.05, 3.63) is 88.6 Å². The molecular weight excluding hydrogens is 928 g/mol. The highest BCUT2D eigenvalue weighted by Gasteiger charge is 2.51. The SMILES string of the molecule is CC[C@H](NC(C)=O)C(=O)N1C[C@H](O)C[C@H]1C(=O)NCc1ccc(-c2scnc2C)cc1OCCOCCOCCOc1ccc(N2C(=S)N(c3ccc(C#N)c(C(F)(F)F)c3)C(=O)C2(C)C)cc1. The number of thiazole rings is 1. The van der Waals surface area contributed by atoms with Crippen molar-refractivity contribution < 1.29 is 56.4 Å². The zero-order valence-corrected chi connectivity index (χ0v) is 39.7. The molecule has 0 radical (unpaired) electrons. The molecule has 6 rings (SSSR count). The lowest BCUT2D eigenvalue weighted by atomic mass is 10.0. The van der Waals surface area contributed by atoms with Crippen LogP contribution in [0.2, 0.25) is 0 Å². The van der Waals surface area contributed by atoms with Crippen LogP contribution in [0.4, 0.5) is 24.5 Å². The van der Waals surface area contributed by atoms with Crippen LogP contribution < -0.4 is 29.9 Å². The van der Waals surface area contributed by atoms with Gasteiger partial charge >= 0.3 is 6.18 Å². The molecule has 2 saturated heterocycles. The molecule has 2 fully saturated rings. The molecule has 362 valence electrons. The lowest BCUT2D eigenvalue weighted by Gasteiger charge is -2.29. The zero-order valence-electron chi connectivity index (χ0n) is 38.1. The van der Waals surface area contributed by atoms with Gasteiger partial charge in [-0.1, -0.05) is 19.1 Å². The number of likely N-dealkylation sites (tertiary alicyclic amines) is 1. The van der Waals surface area contributed by atoms with Crippen LogP contribution in [0, 0.1) is 18.3 Å². The molecule has 68 heavy (non-hydrogen) atoms. The van der Waals surface area contributed by atoms with Crippen LogP contribution in [-0.2, 0) is 41.4 Å². The molecule has 4 aromatic rings. The van der Waals surface area contributed by atoms with E-state index in [9.17, 15) is 42.7 Å². The maximum absolute atomic E-state index is 13.7. The quantitative estimate of drug-likeness (QED) is 0.0700. The van der Waals surface area contributed by atoms with Crippen LogP contribution in [0.25, 0.3) is 10.4 Å². The Hall–Kier alpha value is -6.18. The lowest BCUT2D eigenvalue weighted by molar-refractivity contribution is -0.141. The van der Waals surface area contributed by atoms with Gasteiger partial charge in [0.25, 0.3) is 5.91 Å². The van der Waals surface area contributed by atoms with Gasteiger partial charge in [0.2, 0.25) is 17.7 Å². The fourth-order valence-corrected chi connectivity index (χ4v) is 9.17. The number of alkyl halides is 3. The summed E-state index contributed by atoms with van der Waals surface area (Å²) in [6.07, 6.45) is -5.30. The first-order chi connectivity index (χ1) is 32.3. The number of aromatic nitrogens is 1. The highest BCUT2D eigenvalue weighted by Crippen LogP contribution is 2.40. The molecule has 21 heteroatoms. The van der Waals surface area contributed by atoms with Gasteiger partial charge in [0.1, 0.15) is 42.3 Å². The standard InChI is InChI=1S/C47H52F3N7O9S2/c1-6-38(54-29(3)58)43(61)55-26-35(59)23-39(55)42(60)52-25-32-8-7-30(41-28(2)53-27-68-41)21-40(32)66-20-18-64-16-15-63-17-19-65-36-13-11-33(12-14-36)57-45(67)56(44(62)46(57,4)5)34-10-9-31(24-51)37(22-34)47(48,49)50/h7-14,21-22,27,35,38-39,59H,6,15-20,23,25-26H2,1-5H3,(H,52,60)(H,54,58)/t35-,38+,39+/m1/s1. The molecule has 3 aromatic carbocycles. The number of anilines is 2. The lowest BCUT2D eigenvalue weighted by Crippen LogP contribution is -2.53. The molecule has 16 nitrogen and oxygen atoms in total. The van der Waals surface area contributed by atoms with Gasteiger partial charge in [0.15, 0.2) is 5.11 Å². The third-order valence-corrected chi connectivity index (χ3v) is 12.6. The van der Waals surface area contributed by atoms with Crippen molar-refractivity contribution >= 4 is 63.7 Å². The summed E-state index contributed by atoms with van der Waals surface area (Å²) in [5, 5.41) is 25.1. The van der Waals surface area contributed by atoms with E-state index >= 15 is 0 Å². The molecule has 2 aliphatic heterocycles. The molecular formula is C47H52F3N7O9S2. The molecule has 3 heterocycles. The maximum atomic E-state index is 13.7. The molecule has 4 amide bonds. The van der Waals surface area contributed by atoms with Crippen LogP contribution in [0.15, 0.2) is 66.2 Å². The van der Waals surface area contributed by atoms with Crippen LogP contribution in [-0.4, -0.2) is 114 Å². The average molecular weight is 980 g/mol. The number of thiocarbonyl (C=S) groups is 1. The van der Waals surface area contributed by atoms with Crippen molar-refractivity contribution in [2.75, 3.05) is 56.0 Å². The Morgan fingerprint density at radius 3 is 2.28 bits per heavy atom. The topological polar surface area (TPSA) is 196 Å². The van der Waals surface area contributed by atoms with Crippen molar-refractivity contribution in [2.45, 2.75) is 83.9 Å². The largest absolute Gasteiger partial charge is 0.491 e. The number of aliphatic hydroxyl groups excluding tert-OH is 1. The number of nitriles is 1. The number of hydrogen-bond donors (Lipinski definition) is 3. The number of aryl methyl sites for hydroxylation is 1. The van der Waals surface area contributed by atoms with Crippen molar-refractivity contribution in [3.8, 4) is 28.0 Å². The Balaban J connectivity index is 0.952. The predicted molar refractivity (Wildman–Crippen MR) is 250 cm³/mol. The maximum Gasteiger partial charge on any atom is 0.417 e. The number of amides is 4. The van der Waals surface area contributed by atoms with E-state index in [2.05, 4.69) is 15.6 Å². The molecule has 0 saturated carbocycles. The molecule has 3 atom stereocenters. The van der Waals surface area contributed by atoms with Gasteiger partial charge in [-0.15, -0.1) is 11.3 Å². The summed E-state index contributed by atoms with van der Waals surface area (Å²) in [7, 11) is 0. The van der Waals surface area contributed by atoms with E-state index in [4.69, 9.17) is 31.2 Å². The first kappa shape index (κ1) is 51.2. The number of halogens is 3. The minimum Gasteiger partial charge on any atom is -0.491 e.